The molecule has 2 rings (SSSR count). The quantitative estimate of drug-likeness (QED) is 0.508. The maximum atomic E-state index is 13.3. The summed E-state index contributed by atoms with van der Waals surface area (Å²) >= 11 is 0. The van der Waals surface area contributed by atoms with Crippen molar-refractivity contribution in [3.63, 3.8) is 0 Å². The number of hydrogen-bond donors (Lipinski definition) is 1. The Bertz CT molecular complexity index is 878. The van der Waals surface area contributed by atoms with Crippen LogP contribution in [0.1, 0.15) is 46.2 Å². The van der Waals surface area contributed by atoms with E-state index in [1.54, 1.807) is 20.8 Å². The lowest BCUT2D eigenvalue weighted by atomic mass is 9.73. The maximum Gasteiger partial charge on any atom is 0.318 e. The molecule has 30 heavy (non-hydrogen) atoms. The number of ether oxygens (including phenoxy) is 1. The van der Waals surface area contributed by atoms with Crippen molar-refractivity contribution >= 4 is 22.0 Å². The van der Waals surface area contributed by atoms with Gasteiger partial charge in [-0.25, -0.2) is 0 Å². The summed E-state index contributed by atoms with van der Waals surface area (Å²) in [4.78, 5) is 28.1. The van der Waals surface area contributed by atoms with Crippen molar-refractivity contribution in [3.05, 3.63) is 35.9 Å². The van der Waals surface area contributed by atoms with Gasteiger partial charge in [0.2, 0.25) is 5.91 Å². The predicted octanol–water partition coefficient (Wildman–Crippen LogP) is 1.89. The van der Waals surface area contributed by atoms with Crippen molar-refractivity contribution in [2.24, 2.45) is 11.3 Å². The van der Waals surface area contributed by atoms with Gasteiger partial charge in [0.15, 0.2) is 0 Å². The van der Waals surface area contributed by atoms with Gasteiger partial charge in [0.25, 0.3) is 10.1 Å². The Kier molecular flexibility index (Phi) is 7.00. The molecule has 1 aromatic carbocycles. The van der Waals surface area contributed by atoms with E-state index in [2.05, 4.69) is 0 Å². The lowest BCUT2D eigenvalue weighted by molar-refractivity contribution is -0.177. The van der Waals surface area contributed by atoms with Gasteiger partial charge in [-0.2, -0.15) is 8.42 Å². The normalized spacial score (nSPS) is 24.6. The molecule has 4 atom stereocenters. The van der Waals surface area contributed by atoms with Crippen molar-refractivity contribution in [1.82, 2.24) is 4.90 Å². The number of rotatable bonds is 7. The molecule has 9 heteroatoms. The smallest absolute Gasteiger partial charge is 0.318 e. The van der Waals surface area contributed by atoms with E-state index in [1.807, 2.05) is 37.3 Å². The summed E-state index contributed by atoms with van der Waals surface area (Å²) in [6.45, 7) is 7.47. The lowest BCUT2D eigenvalue weighted by Crippen LogP contribution is -2.53. The van der Waals surface area contributed by atoms with Gasteiger partial charge in [0.05, 0.1) is 30.9 Å². The molecule has 0 aliphatic carbocycles. The lowest BCUT2D eigenvalue weighted by Gasteiger charge is -2.37. The zero-order chi connectivity index (χ0) is 22.9. The van der Waals surface area contributed by atoms with E-state index in [1.165, 1.54) is 11.8 Å². The van der Waals surface area contributed by atoms with E-state index < -0.39 is 57.7 Å². The zero-order valence-corrected chi connectivity index (χ0v) is 19.1. The third-order valence-corrected chi connectivity index (χ3v) is 6.03. The molecule has 1 N–H and O–H groups in total. The first-order valence-corrected chi connectivity index (χ1v) is 11.6. The van der Waals surface area contributed by atoms with E-state index in [9.17, 15) is 23.1 Å². The monoisotopic (exact) mass is 441 g/mol. The van der Waals surface area contributed by atoms with Crippen LogP contribution in [0.3, 0.4) is 0 Å². The van der Waals surface area contributed by atoms with Gasteiger partial charge in [-0.1, -0.05) is 30.3 Å². The Morgan fingerprint density at radius 3 is 2.30 bits per heavy atom. The largest absolute Gasteiger partial charge is 0.459 e. The topological polar surface area (TPSA) is 110 Å². The van der Waals surface area contributed by atoms with Gasteiger partial charge in [0, 0.05) is 6.54 Å². The Morgan fingerprint density at radius 2 is 1.83 bits per heavy atom. The number of esters is 1. The highest BCUT2D eigenvalue weighted by Gasteiger charge is 2.63. The van der Waals surface area contributed by atoms with Gasteiger partial charge in [-0.05, 0) is 40.2 Å². The highest BCUT2D eigenvalue weighted by atomic mass is 32.2. The van der Waals surface area contributed by atoms with Crippen LogP contribution in [0.2, 0.25) is 0 Å². The average molecular weight is 442 g/mol. The minimum atomic E-state index is -3.93. The molecule has 1 unspecified atom stereocenters. The zero-order valence-electron chi connectivity index (χ0n) is 18.3. The van der Waals surface area contributed by atoms with Crippen LogP contribution in [0.5, 0.6) is 0 Å². The minimum Gasteiger partial charge on any atom is -0.459 e. The minimum absolute atomic E-state index is 0.140. The van der Waals surface area contributed by atoms with E-state index in [-0.39, 0.29) is 6.54 Å². The Hall–Kier alpha value is -1.97. The van der Waals surface area contributed by atoms with Crippen LogP contribution < -0.4 is 0 Å². The first-order valence-electron chi connectivity index (χ1n) is 9.81. The van der Waals surface area contributed by atoms with Crippen LogP contribution in [-0.2, 0) is 28.6 Å². The van der Waals surface area contributed by atoms with E-state index in [0.717, 1.165) is 11.8 Å². The number of aliphatic hydroxyl groups is 1. The predicted molar refractivity (Wildman–Crippen MR) is 111 cm³/mol. The van der Waals surface area contributed by atoms with Crippen LogP contribution in [0.15, 0.2) is 30.3 Å². The molecule has 0 spiro atoms. The van der Waals surface area contributed by atoms with Crippen molar-refractivity contribution in [3.8, 4) is 0 Å². The van der Waals surface area contributed by atoms with Crippen LogP contribution >= 0.6 is 0 Å². The van der Waals surface area contributed by atoms with E-state index in [4.69, 9.17) is 8.92 Å². The Morgan fingerprint density at radius 1 is 1.27 bits per heavy atom. The molecule has 0 bridgehead atoms. The van der Waals surface area contributed by atoms with Gasteiger partial charge < -0.3 is 14.7 Å². The number of nitrogens with zero attached hydrogens (tertiary/aromatic N) is 1. The Labute approximate surface area is 178 Å². The van der Waals surface area contributed by atoms with Gasteiger partial charge in [-0.3, -0.25) is 13.8 Å². The molecule has 0 radical (unpaired) electrons. The molecule has 1 aromatic rings. The summed E-state index contributed by atoms with van der Waals surface area (Å²) in [7, 11) is -3.93. The van der Waals surface area contributed by atoms with Crippen molar-refractivity contribution in [2.45, 2.75) is 52.4 Å². The molecule has 0 saturated carbocycles. The number of aliphatic hydroxyl groups excluding tert-OH is 1. The van der Waals surface area contributed by atoms with Crippen LogP contribution in [0.25, 0.3) is 0 Å². The summed E-state index contributed by atoms with van der Waals surface area (Å²) in [5.41, 5.74) is -1.72. The number of likely N-dealkylation sites (tertiary alicyclic amines) is 1. The fraction of sp³-hybridized carbons (Fsp3) is 0.619. The summed E-state index contributed by atoms with van der Waals surface area (Å²) < 4.78 is 34.4. The first-order chi connectivity index (χ1) is 13.7. The summed E-state index contributed by atoms with van der Waals surface area (Å²) in [5, 5.41) is 10.1. The summed E-state index contributed by atoms with van der Waals surface area (Å²) in [6, 6.07) is 8.85. The highest BCUT2D eigenvalue weighted by Crippen LogP contribution is 2.46. The van der Waals surface area contributed by atoms with Gasteiger partial charge >= 0.3 is 5.97 Å². The molecular weight excluding hydrogens is 410 g/mol. The van der Waals surface area contributed by atoms with E-state index in [0.29, 0.717) is 0 Å². The number of amides is 1. The molecule has 1 heterocycles. The fourth-order valence-electron chi connectivity index (χ4n) is 3.88. The van der Waals surface area contributed by atoms with Gasteiger partial charge in [0.1, 0.15) is 11.0 Å². The fourth-order valence-corrected chi connectivity index (χ4v) is 4.57. The molecule has 1 amide bonds. The SMILES string of the molecule is CC(OS(C)(=O)=O)[C@@]1(C(=O)OC(C)(C)C)CN([C@H](C)c2ccccc2)C(=O)[C@H]1CO. The average Bonchev–Trinajstić information content (AvgIpc) is 2.92. The molecular formula is C21H31NO7S. The molecule has 1 saturated heterocycles. The molecule has 168 valence electrons. The highest BCUT2D eigenvalue weighted by molar-refractivity contribution is 7.86. The molecule has 1 aliphatic heterocycles. The standard InChI is InChI=1S/C21H31NO7S/c1-14(16-10-8-7-9-11-16)22-13-21(17(12-23)18(22)24,15(2)29-30(6,26)27)19(25)28-20(3,4)5/h7-11,14-15,17,23H,12-13H2,1-6H3/t14-,15?,17-,21+/m1/s1. The molecule has 1 fully saturated rings. The second-order valence-electron chi connectivity index (χ2n) is 8.77. The first kappa shape index (κ1) is 24.3. The van der Waals surface area contributed by atoms with Gasteiger partial charge in [-0.15, -0.1) is 0 Å². The maximum absolute atomic E-state index is 13.3. The molecule has 1 aliphatic rings. The summed E-state index contributed by atoms with van der Waals surface area (Å²) in [5.74, 6) is -2.43. The second-order valence-corrected chi connectivity index (χ2v) is 10.4. The number of benzene rings is 1. The number of hydrogen-bond acceptors (Lipinski definition) is 7. The van der Waals surface area contributed by atoms with Crippen LogP contribution in [-0.4, -0.2) is 61.4 Å². The second kappa shape index (κ2) is 8.64. The van der Waals surface area contributed by atoms with Crippen LogP contribution in [0, 0.1) is 11.3 Å². The number of carbonyl (C=O) groups is 2. The third kappa shape index (κ3) is 5.01. The number of carbonyl (C=O) groups excluding carboxylic acids is 2. The molecule has 8 nitrogen and oxygen atoms in total. The van der Waals surface area contributed by atoms with Crippen molar-refractivity contribution < 1.29 is 32.0 Å². The van der Waals surface area contributed by atoms with Crippen molar-refractivity contribution in [1.29, 1.82) is 0 Å². The third-order valence-electron chi connectivity index (χ3n) is 5.39. The van der Waals surface area contributed by atoms with Crippen molar-refractivity contribution in [2.75, 3.05) is 19.4 Å². The van der Waals surface area contributed by atoms with Crippen LogP contribution in [0.4, 0.5) is 0 Å². The molecule has 0 aromatic heterocycles. The summed E-state index contributed by atoms with van der Waals surface area (Å²) in [6.07, 6.45) is -0.349. The Balaban J connectivity index is 2.55. The van der Waals surface area contributed by atoms with E-state index >= 15 is 0 Å².